The maximum Gasteiger partial charge on any atom is 0.252 e. The van der Waals surface area contributed by atoms with Crippen LogP contribution >= 0.6 is 39.1 Å². The Morgan fingerprint density at radius 2 is 1.81 bits per heavy atom. The van der Waals surface area contributed by atoms with E-state index in [0.29, 0.717) is 33.2 Å². The predicted molar refractivity (Wildman–Crippen MR) is 110 cm³/mol. The quantitative estimate of drug-likeness (QED) is 0.670. The summed E-state index contributed by atoms with van der Waals surface area (Å²) >= 11 is 15.3. The topological polar surface area (TPSA) is 66.5 Å². The summed E-state index contributed by atoms with van der Waals surface area (Å²) in [7, 11) is -3.59. The third kappa shape index (κ3) is 4.66. The first-order valence-corrected chi connectivity index (χ1v) is 11.3. The molecule has 1 aliphatic heterocycles. The van der Waals surface area contributed by atoms with Crippen LogP contribution in [-0.4, -0.2) is 31.7 Å². The predicted octanol–water partition coefficient (Wildman–Crippen LogP) is 4.47. The lowest BCUT2D eigenvalue weighted by molar-refractivity contribution is 0.0950. The van der Waals surface area contributed by atoms with Crippen molar-refractivity contribution in [1.29, 1.82) is 0 Å². The Morgan fingerprint density at radius 3 is 2.48 bits per heavy atom. The molecule has 0 spiro atoms. The van der Waals surface area contributed by atoms with Crippen molar-refractivity contribution in [2.24, 2.45) is 0 Å². The van der Waals surface area contributed by atoms with Crippen LogP contribution in [0.25, 0.3) is 0 Å². The summed E-state index contributed by atoms with van der Waals surface area (Å²) in [6.07, 6.45) is 1.70. The van der Waals surface area contributed by atoms with Crippen molar-refractivity contribution in [3.63, 3.8) is 0 Å². The second kappa shape index (κ2) is 8.49. The smallest absolute Gasteiger partial charge is 0.252 e. The highest BCUT2D eigenvalue weighted by Gasteiger charge is 2.28. The number of amides is 1. The third-order valence-electron chi connectivity index (χ3n) is 4.34. The maximum absolute atomic E-state index is 12.7. The summed E-state index contributed by atoms with van der Waals surface area (Å²) in [6, 6.07) is 9.50. The van der Waals surface area contributed by atoms with Gasteiger partial charge < -0.3 is 5.32 Å². The van der Waals surface area contributed by atoms with Crippen molar-refractivity contribution >= 4 is 55.1 Å². The lowest BCUT2D eigenvalue weighted by Crippen LogP contribution is -2.28. The average Bonchev–Trinajstić information content (AvgIpc) is 3.16. The van der Waals surface area contributed by atoms with Gasteiger partial charge in [0.05, 0.1) is 10.5 Å². The minimum absolute atomic E-state index is 0.113. The number of nitrogens with one attached hydrogen (secondary N) is 1. The minimum Gasteiger partial charge on any atom is -0.348 e. The average molecular weight is 492 g/mol. The lowest BCUT2D eigenvalue weighted by Gasteiger charge is -2.16. The molecule has 9 heteroatoms. The summed E-state index contributed by atoms with van der Waals surface area (Å²) in [6.45, 7) is 1.22. The van der Waals surface area contributed by atoms with Crippen molar-refractivity contribution in [3.8, 4) is 0 Å². The van der Waals surface area contributed by atoms with E-state index in [-0.39, 0.29) is 17.0 Å². The highest BCUT2D eigenvalue weighted by molar-refractivity contribution is 9.10. The molecule has 0 bridgehead atoms. The standard InChI is InChI=1S/C18H17BrCl2N2O3S/c19-16-6-5-14(27(25,26)23-7-1-2-8-23)10-15(16)18(24)22-11-12-3-4-13(20)9-17(12)21/h3-6,9-10H,1-2,7-8,11H2,(H,22,24). The van der Waals surface area contributed by atoms with Gasteiger partial charge in [0.1, 0.15) is 0 Å². The molecule has 1 saturated heterocycles. The molecular formula is C18H17BrCl2N2O3S. The van der Waals surface area contributed by atoms with Crippen molar-refractivity contribution < 1.29 is 13.2 Å². The summed E-state index contributed by atoms with van der Waals surface area (Å²) in [5, 5.41) is 3.72. The molecule has 1 amide bonds. The molecule has 0 saturated carbocycles. The van der Waals surface area contributed by atoms with E-state index >= 15 is 0 Å². The highest BCUT2D eigenvalue weighted by atomic mass is 79.9. The first-order chi connectivity index (χ1) is 12.8. The van der Waals surface area contributed by atoms with Gasteiger partial charge in [-0.25, -0.2) is 8.42 Å². The van der Waals surface area contributed by atoms with Gasteiger partial charge in [0.15, 0.2) is 0 Å². The molecule has 5 nitrogen and oxygen atoms in total. The van der Waals surface area contributed by atoms with Gasteiger partial charge in [0.25, 0.3) is 5.91 Å². The van der Waals surface area contributed by atoms with E-state index in [1.165, 1.54) is 16.4 Å². The number of rotatable bonds is 5. The molecule has 0 aromatic heterocycles. The van der Waals surface area contributed by atoms with Gasteiger partial charge in [0, 0.05) is 34.2 Å². The van der Waals surface area contributed by atoms with Crippen LogP contribution in [0.5, 0.6) is 0 Å². The Bertz CT molecular complexity index is 977. The molecule has 2 aromatic carbocycles. The van der Waals surface area contributed by atoms with Crippen molar-refractivity contribution in [1.82, 2.24) is 9.62 Å². The molecule has 3 rings (SSSR count). The van der Waals surface area contributed by atoms with Crippen LogP contribution in [0.15, 0.2) is 45.8 Å². The zero-order valence-electron chi connectivity index (χ0n) is 14.2. The van der Waals surface area contributed by atoms with Gasteiger partial charge >= 0.3 is 0 Å². The Morgan fingerprint density at radius 1 is 1.11 bits per heavy atom. The maximum atomic E-state index is 12.7. The Labute approximate surface area is 176 Å². The normalized spacial score (nSPS) is 15.1. The van der Waals surface area contributed by atoms with Crippen molar-refractivity contribution in [2.75, 3.05) is 13.1 Å². The second-order valence-corrected chi connectivity index (χ2v) is 9.81. The molecule has 0 unspecified atom stereocenters. The number of benzene rings is 2. The van der Waals surface area contributed by atoms with Crippen LogP contribution in [0.4, 0.5) is 0 Å². The Kier molecular flexibility index (Phi) is 6.48. The molecule has 1 N–H and O–H groups in total. The molecule has 0 radical (unpaired) electrons. The van der Waals surface area contributed by atoms with Crippen LogP contribution in [0.1, 0.15) is 28.8 Å². The largest absolute Gasteiger partial charge is 0.348 e. The van der Waals surface area contributed by atoms with Gasteiger partial charge in [-0.1, -0.05) is 29.3 Å². The van der Waals surface area contributed by atoms with E-state index in [1.807, 2.05) is 0 Å². The fraction of sp³-hybridized carbons (Fsp3) is 0.278. The molecule has 144 valence electrons. The van der Waals surface area contributed by atoms with Crippen LogP contribution in [0.2, 0.25) is 10.0 Å². The zero-order valence-corrected chi connectivity index (χ0v) is 18.1. The minimum atomic E-state index is -3.59. The first-order valence-electron chi connectivity index (χ1n) is 8.31. The molecule has 1 fully saturated rings. The van der Waals surface area contributed by atoms with E-state index in [4.69, 9.17) is 23.2 Å². The summed E-state index contributed by atoms with van der Waals surface area (Å²) in [5.41, 5.74) is 0.965. The van der Waals surface area contributed by atoms with Crippen LogP contribution in [-0.2, 0) is 16.6 Å². The van der Waals surface area contributed by atoms with Gasteiger partial charge in [0.2, 0.25) is 10.0 Å². The highest BCUT2D eigenvalue weighted by Crippen LogP contribution is 2.26. The Hall–Kier alpha value is -1.12. The fourth-order valence-corrected chi connectivity index (χ4v) is 5.30. The van der Waals surface area contributed by atoms with E-state index in [9.17, 15) is 13.2 Å². The molecule has 0 aliphatic carbocycles. The van der Waals surface area contributed by atoms with Crippen molar-refractivity contribution in [2.45, 2.75) is 24.3 Å². The van der Waals surface area contributed by atoms with Gasteiger partial charge in [-0.3, -0.25) is 4.79 Å². The Balaban J connectivity index is 1.80. The number of carbonyl (C=O) groups is 1. The van der Waals surface area contributed by atoms with Crippen LogP contribution in [0, 0.1) is 0 Å². The SMILES string of the molecule is O=C(NCc1ccc(Cl)cc1Cl)c1cc(S(=O)(=O)N2CCCC2)ccc1Br. The summed E-state index contributed by atoms with van der Waals surface area (Å²) in [4.78, 5) is 12.7. The summed E-state index contributed by atoms with van der Waals surface area (Å²) in [5.74, 6) is -0.397. The number of nitrogens with zero attached hydrogens (tertiary/aromatic N) is 1. The molecule has 27 heavy (non-hydrogen) atoms. The van der Waals surface area contributed by atoms with Gasteiger partial charge in [-0.15, -0.1) is 0 Å². The van der Waals surface area contributed by atoms with Crippen LogP contribution < -0.4 is 5.32 Å². The molecule has 1 aliphatic rings. The number of hydrogen-bond acceptors (Lipinski definition) is 3. The fourth-order valence-electron chi connectivity index (χ4n) is 2.85. The van der Waals surface area contributed by atoms with Crippen LogP contribution in [0.3, 0.4) is 0 Å². The number of halogens is 3. The molecular weight excluding hydrogens is 475 g/mol. The second-order valence-electron chi connectivity index (χ2n) is 6.17. The summed E-state index contributed by atoms with van der Waals surface area (Å²) < 4.78 is 27.4. The third-order valence-corrected chi connectivity index (χ3v) is 7.51. The molecule has 0 atom stereocenters. The molecule has 2 aromatic rings. The lowest BCUT2D eigenvalue weighted by atomic mass is 10.2. The number of hydrogen-bond donors (Lipinski definition) is 1. The van der Waals surface area contributed by atoms with Crippen molar-refractivity contribution in [3.05, 3.63) is 62.0 Å². The molecule has 1 heterocycles. The zero-order chi connectivity index (χ0) is 19.6. The van der Waals surface area contributed by atoms with E-state index < -0.39 is 15.9 Å². The van der Waals surface area contributed by atoms with Gasteiger partial charge in [-0.2, -0.15) is 4.31 Å². The number of carbonyl (C=O) groups excluding carboxylic acids is 1. The number of sulfonamides is 1. The monoisotopic (exact) mass is 490 g/mol. The van der Waals surface area contributed by atoms with E-state index in [0.717, 1.165) is 12.8 Å². The van der Waals surface area contributed by atoms with E-state index in [1.54, 1.807) is 24.3 Å². The first kappa shape index (κ1) is 20.6. The van der Waals surface area contributed by atoms with E-state index in [2.05, 4.69) is 21.2 Å². The van der Waals surface area contributed by atoms with Gasteiger partial charge in [-0.05, 0) is 64.7 Å².